The molecule has 1 aromatic carbocycles. The first-order chi connectivity index (χ1) is 11.6. The quantitative estimate of drug-likeness (QED) is 0.656. The van der Waals surface area contributed by atoms with E-state index in [0.29, 0.717) is 11.3 Å². The van der Waals surface area contributed by atoms with E-state index in [9.17, 15) is 14.4 Å². The summed E-state index contributed by atoms with van der Waals surface area (Å²) in [6.45, 7) is 7.27. The summed E-state index contributed by atoms with van der Waals surface area (Å²) in [6, 6.07) is 5.92. The molecule has 1 aliphatic carbocycles. The lowest BCUT2D eigenvalue weighted by Gasteiger charge is -2.23. The number of carbonyl (C=O) groups excluding carboxylic acids is 3. The van der Waals surface area contributed by atoms with Crippen molar-refractivity contribution in [3.63, 3.8) is 0 Å². The van der Waals surface area contributed by atoms with Gasteiger partial charge in [-0.25, -0.2) is 4.79 Å². The van der Waals surface area contributed by atoms with Crippen molar-refractivity contribution in [3.05, 3.63) is 29.8 Å². The van der Waals surface area contributed by atoms with E-state index in [1.165, 1.54) is 0 Å². The fraction of sp³-hybridized carbons (Fsp3) is 0.500. The second-order valence-corrected chi connectivity index (χ2v) is 7.38. The maximum Gasteiger partial charge on any atom is 0.319 e. The first kappa shape index (κ1) is 18.8. The number of amides is 4. The molecule has 0 unspecified atom stereocenters. The van der Waals surface area contributed by atoms with E-state index in [1.807, 2.05) is 20.8 Å². The highest BCUT2D eigenvalue weighted by Gasteiger charge is 2.23. The molecule has 25 heavy (non-hydrogen) atoms. The molecule has 7 heteroatoms. The first-order valence-electron chi connectivity index (χ1n) is 8.44. The average Bonchev–Trinajstić information content (AvgIpc) is 3.29. The van der Waals surface area contributed by atoms with Gasteiger partial charge in [0.2, 0.25) is 5.91 Å². The monoisotopic (exact) mass is 346 g/mol. The number of anilines is 1. The zero-order valence-electron chi connectivity index (χ0n) is 15.1. The Kier molecular flexibility index (Phi) is 5.66. The second kappa shape index (κ2) is 7.55. The minimum Gasteiger partial charge on any atom is -0.350 e. The molecule has 0 aromatic heterocycles. The van der Waals surface area contributed by atoms with Crippen molar-refractivity contribution in [2.45, 2.75) is 58.2 Å². The molecule has 4 N–H and O–H groups in total. The van der Waals surface area contributed by atoms with Crippen LogP contribution in [0, 0.1) is 0 Å². The van der Waals surface area contributed by atoms with E-state index in [0.717, 1.165) is 12.8 Å². The Morgan fingerprint density at radius 3 is 2.20 bits per heavy atom. The number of hydrogen-bond acceptors (Lipinski definition) is 3. The number of rotatable bonds is 5. The molecule has 1 fully saturated rings. The topological polar surface area (TPSA) is 99.3 Å². The van der Waals surface area contributed by atoms with Crippen LogP contribution < -0.4 is 21.3 Å². The standard InChI is InChI=1S/C18H26N4O3/c1-11(15(23)22-18(2,3)4)19-16(24)12-5-7-13(8-6-12)20-17(25)21-14-9-10-14/h5-8,11,14H,9-10H2,1-4H3,(H,19,24)(H,22,23)(H2,20,21,25)/t11-/m1/s1. The van der Waals surface area contributed by atoms with Gasteiger partial charge in [-0.1, -0.05) is 0 Å². The minimum atomic E-state index is -0.645. The van der Waals surface area contributed by atoms with Gasteiger partial charge in [-0.3, -0.25) is 9.59 Å². The SMILES string of the molecule is C[C@@H](NC(=O)c1ccc(NC(=O)NC2CC2)cc1)C(=O)NC(C)(C)C. The highest BCUT2D eigenvalue weighted by atomic mass is 16.2. The van der Waals surface area contributed by atoms with E-state index in [4.69, 9.17) is 0 Å². The van der Waals surface area contributed by atoms with E-state index in [2.05, 4.69) is 21.3 Å². The molecule has 1 saturated carbocycles. The third-order valence-corrected chi connectivity index (χ3v) is 3.56. The molecule has 0 spiro atoms. The van der Waals surface area contributed by atoms with Crippen molar-refractivity contribution in [1.82, 2.24) is 16.0 Å². The maximum atomic E-state index is 12.2. The smallest absolute Gasteiger partial charge is 0.319 e. The van der Waals surface area contributed by atoms with Crippen LogP contribution in [0.15, 0.2) is 24.3 Å². The van der Waals surface area contributed by atoms with E-state index in [-0.39, 0.29) is 29.4 Å². The van der Waals surface area contributed by atoms with Crippen LogP contribution in [0.1, 0.15) is 50.9 Å². The predicted molar refractivity (Wildman–Crippen MR) is 96.4 cm³/mol. The second-order valence-electron chi connectivity index (χ2n) is 7.38. The molecule has 0 radical (unpaired) electrons. The van der Waals surface area contributed by atoms with Gasteiger partial charge in [-0.15, -0.1) is 0 Å². The van der Waals surface area contributed by atoms with Crippen molar-refractivity contribution in [2.24, 2.45) is 0 Å². The number of urea groups is 1. The summed E-state index contributed by atoms with van der Waals surface area (Å²) < 4.78 is 0. The van der Waals surface area contributed by atoms with Crippen molar-refractivity contribution in [1.29, 1.82) is 0 Å². The molecule has 7 nitrogen and oxygen atoms in total. The molecule has 0 heterocycles. The van der Waals surface area contributed by atoms with Crippen LogP contribution in [0.4, 0.5) is 10.5 Å². The Morgan fingerprint density at radius 2 is 1.68 bits per heavy atom. The summed E-state index contributed by atoms with van der Waals surface area (Å²) in [6.07, 6.45) is 2.04. The van der Waals surface area contributed by atoms with Crippen LogP contribution in [0.3, 0.4) is 0 Å². The molecule has 2 rings (SSSR count). The van der Waals surface area contributed by atoms with E-state index >= 15 is 0 Å². The molecule has 0 aliphatic heterocycles. The third-order valence-electron chi connectivity index (χ3n) is 3.56. The summed E-state index contributed by atoms with van der Waals surface area (Å²) in [5, 5.41) is 11.0. The van der Waals surface area contributed by atoms with Gasteiger partial charge in [0.25, 0.3) is 5.91 Å². The molecule has 1 aliphatic rings. The van der Waals surface area contributed by atoms with E-state index in [1.54, 1.807) is 31.2 Å². The van der Waals surface area contributed by atoms with Crippen LogP contribution >= 0.6 is 0 Å². The Bertz CT molecular complexity index is 645. The van der Waals surface area contributed by atoms with Crippen LogP contribution in [0.5, 0.6) is 0 Å². The first-order valence-corrected chi connectivity index (χ1v) is 8.44. The lowest BCUT2D eigenvalue weighted by atomic mass is 10.1. The summed E-state index contributed by atoms with van der Waals surface area (Å²) in [4.78, 5) is 35.9. The third kappa shape index (κ3) is 6.45. The van der Waals surface area contributed by atoms with E-state index < -0.39 is 6.04 Å². The summed E-state index contributed by atoms with van der Waals surface area (Å²) >= 11 is 0. The van der Waals surface area contributed by atoms with Gasteiger partial charge in [-0.2, -0.15) is 0 Å². The number of benzene rings is 1. The zero-order valence-corrected chi connectivity index (χ0v) is 15.1. The fourth-order valence-electron chi connectivity index (χ4n) is 2.11. The van der Waals surface area contributed by atoms with Crippen LogP contribution in [0.25, 0.3) is 0 Å². The number of hydrogen-bond donors (Lipinski definition) is 4. The summed E-state index contributed by atoms with van der Waals surface area (Å²) in [5.74, 6) is -0.582. The number of nitrogens with one attached hydrogen (secondary N) is 4. The largest absolute Gasteiger partial charge is 0.350 e. The Morgan fingerprint density at radius 1 is 1.08 bits per heavy atom. The van der Waals surface area contributed by atoms with Gasteiger partial charge >= 0.3 is 6.03 Å². The van der Waals surface area contributed by atoms with Gasteiger partial charge < -0.3 is 21.3 Å². The van der Waals surface area contributed by atoms with Gasteiger partial charge in [0.05, 0.1) is 0 Å². The van der Waals surface area contributed by atoms with Crippen LogP contribution in [-0.2, 0) is 4.79 Å². The molecular formula is C18H26N4O3. The van der Waals surface area contributed by atoms with Crippen molar-refractivity contribution < 1.29 is 14.4 Å². The maximum absolute atomic E-state index is 12.2. The molecule has 1 atom stereocenters. The molecule has 4 amide bonds. The van der Waals surface area contributed by atoms with Crippen molar-refractivity contribution in [3.8, 4) is 0 Å². The van der Waals surface area contributed by atoms with Gasteiger partial charge in [0, 0.05) is 22.8 Å². The van der Waals surface area contributed by atoms with Gasteiger partial charge in [0.1, 0.15) is 6.04 Å². The normalized spacial score (nSPS) is 15.0. The molecule has 0 saturated heterocycles. The highest BCUT2D eigenvalue weighted by molar-refractivity contribution is 5.98. The predicted octanol–water partition coefficient (Wildman–Crippen LogP) is 2.00. The molecule has 1 aromatic rings. The number of carbonyl (C=O) groups is 3. The summed E-state index contributed by atoms with van der Waals surface area (Å²) in [7, 11) is 0. The lowest BCUT2D eigenvalue weighted by molar-refractivity contribution is -0.124. The van der Waals surface area contributed by atoms with Gasteiger partial charge in [0.15, 0.2) is 0 Å². The average molecular weight is 346 g/mol. The van der Waals surface area contributed by atoms with Crippen molar-refractivity contribution in [2.75, 3.05) is 5.32 Å². The Balaban J connectivity index is 1.86. The molecular weight excluding hydrogens is 320 g/mol. The van der Waals surface area contributed by atoms with Gasteiger partial charge in [-0.05, 0) is 64.8 Å². The lowest BCUT2D eigenvalue weighted by Crippen LogP contribution is -2.50. The zero-order chi connectivity index (χ0) is 18.6. The highest BCUT2D eigenvalue weighted by Crippen LogP contribution is 2.19. The molecule has 0 bridgehead atoms. The summed E-state index contributed by atoms with van der Waals surface area (Å²) in [5.41, 5.74) is 0.668. The van der Waals surface area contributed by atoms with Crippen LogP contribution in [-0.4, -0.2) is 35.5 Å². The minimum absolute atomic E-state index is 0.240. The van der Waals surface area contributed by atoms with Crippen molar-refractivity contribution >= 4 is 23.5 Å². The fourth-order valence-corrected chi connectivity index (χ4v) is 2.11. The molecule has 136 valence electrons. The Labute approximate surface area is 147 Å². The van der Waals surface area contributed by atoms with Crippen LogP contribution in [0.2, 0.25) is 0 Å². The Hall–Kier alpha value is -2.57.